The van der Waals surface area contributed by atoms with Crippen LogP contribution in [0.2, 0.25) is 0 Å². The van der Waals surface area contributed by atoms with Crippen molar-refractivity contribution in [1.82, 2.24) is 0 Å². The second-order valence-corrected chi connectivity index (χ2v) is 4.40. The highest BCUT2D eigenvalue weighted by Gasteiger charge is 2.76. The lowest BCUT2D eigenvalue weighted by Gasteiger charge is -2.34. The number of fused-ring (bicyclic) bond motifs is 1. The second-order valence-electron chi connectivity index (χ2n) is 2.96. The van der Waals surface area contributed by atoms with Gasteiger partial charge in [-0.25, -0.2) is 13.6 Å². The standard InChI is InChI=1S/C6H8NO4P/c1-3-6(4-7)5(2)9-12(8,10-5)11-6/h3H2,1-2H3. The zero-order valence-electron chi connectivity index (χ0n) is 6.73. The average molecular weight is 189 g/mol. The Morgan fingerprint density at radius 1 is 1.50 bits per heavy atom. The van der Waals surface area contributed by atoms with E-state index in [1.807, 2.05) is 6.07 Å². The van der Waals surface area contributed by atoms with E-state index in [1.54, 1.807) is 13.8 Å². The minimum atomic E-state index is -3.34. The molecular formula is C6H8NO4P. The minimum Gasteiger partial charge on any atom is -0.259 e. The van der Waals surface area contributed by atoms with Crippen LogP contribution in [-0.2, 0) is 18.1 Å². The molecule has 66 valence electrons. The van der Waals surface area contributed by atoms with Crippen LogP contribution in [0.3, 0.4) is 0 Å². The first-order chi connectivity index (χ1) is 5.49. The predicted octanol–water partition coefficient (Wildman–Crippen LogP) is 1.56. The summed E-state index contributed by atoms with van der Waals surface area (Å²) in [6, 6.07) is 1.94. The van der Waals surface area contributed by atoms with Crippen molar-refractivity contribution in [3.05, 3.63) is 0 Å². The molecule has 3 saturated heterocycles. The molecule has 1 atom stereocenters. The smallest absolute Gasteiger partial charge is 0.259 e. The fourth-order valence-electron chi connectivity index (χ4n) is 1.48. The number of phosphoric acid groups is 1. The van der Waals surface area contributed by atoms with Crippen molar-refractivity contribution >= 4 is 7.82 Å². The highest BCUT2D eigenvalue weighted by molar-refractivity contribution is 7.50. The molecule has 0 saturated carbocycles. The quantitative estimate of drug-likeness (QED) is 0.585. The Morgan fingerprint density at radius 2 is 2.08 bits per heavy atom. The van der Waals surface area contributed by atoms with E-state index in [0.29, 0.717) is 6.42 Å². The summed E-state index contributed by atoms with van der Waals surface area (Å²) >= 11 is 0. The topological polar surface area (TPSA) is 68.5 Å². The number of hydrogen-bond acceptors (Lipinski definition) is 5. The van der Waals surface area contributed by atoms with Gasteiger partial charge in [-0.3, -0.25) is 4.52 Å². The summed E-state index contributed by atoms with van der Waals surface area (Å²) in [4.78, 5) is 0. The zero-order chi connectivity index (χ0) is 9.04. The Hall–Kier alpha value is -0.400. The predicted molar refractivity (Wildman–Crippen MR) is 37.9 cm³/mol. The summed E-state index contributed by atoms with van der Waals surface area (Å²) in [6.07, 6.45) is 0.393. The van der Waals surface area contributed by atoms with Crippen LogP contribution in [0.1, 0.15) is 20.3 Å². The fourth-order valence-corrected chi connectivity index (χ4v) is 3.43. The normalized spacial score (nSPS) is 56.1. The van der Waals surface area contributed by atoms with Gasteiger partial charge in [0.2, 0.25) is 11.4 Å². The lowest BCUT2D eigenvalue weighted by atomic mass is 9.93. The molecule has 0 aromatic rings. The van der Waals surface area contributed by atoms with E-state index in [2.05, 4.69) is 0 Å². The van der Waals surface area contributed by atoms with Gasteiger partial charge < -0.3 is 0 Å². The lowest BCUT2D eigenvalue weighted by Crippen LogP contribution is -2.49. The molecule has 0 spiro atoms. The molecule has 0 aliphatic carbocycles. The van der Waals surface area contributed by atoms with E-state index in [4.69, 9.17) is 18.8 Å². The molecule has 3 fully saturated rings. The van der Waals surface area contributed by atoms with E-state index in [1.165, 1.54) is 0 Å². The number of nitriles is 1. The Balaban J connectivity index is 2.43. The van der Waals surface area contributed by atoms with Crippen LogP contribution in [-0.4, -0.2) is 11.4 Å². The summed E-state index contributed by atoms with van der Waals surface area (Å²) in [6.45, 7) is 3.32. The van der Waals surface area contributed by atoms with E-state index in [0.717, 1.165) is 0 Å². The Bertz CT molecular complexity index is 312. The Morgan fingerprint density at radius 3 is 2.25 bits per heavy atom. The van der Waals surface area contributed by atoms with Gasteiger partial charge in [0, 0.05) is 0 Å². The lowest BCUT2D eigenvalue weighted by molar-refractivity contribution is -0.186. The molecule has 0 radical (unpaired) electrons. The molecule has 3 aliphatic heterocycles. The van der Waals surface area contributed by atoms with Gasteiger partial charge in [-0.05, 0) is 13.3 Å². The molecule has 0 amide bonds. The third-order valence-corrected chi connectivity index (χ3v) is 3.93. The van der Waals surface area contributed by atoms with Gasteiger partial charge in [-0.15, -0.1) is 0 Å². The van der Waals surface area contributed by atoms with E-state index >= 15 is 0 Å². The maximum Gasteiger partial charge on any atom is 0.481 e. The van der Waals surface area contributed by atoms with Crippen molar-refractivity contribution in [3.8, 4) is 6.07 Å². The van der Waals surface area contributed by atoms with Crippen LogP contribution in [0.5, 0.6) is 0 Å². The maximum atomic E-state index is 11.2. The van der Waals surface area contributed by atoms with E-state index in [9.17, 15) is 4.57 Å². The van der Waals surface area contributed by atoms with Gasteiger partial charge in [-0.2, -0.15) is 5.26 Å². The van der Waals surface area contributed by atoms with Crippen molar-refractivity contribution in [2.45, 2.75) is 31.7 Å². The molecule has 1 unspecified atom stereocenters. The number of phosphoric ester groups is 1. The monoisotopic (exact) mass is 189 g/mol. The molecule has 0 N–H and O–H groups in total. The van der Waals surface area contributed by atoms with Crippen molar-refractivity contribution in [1.29, 1.82) is 5.26 Å². The highest BCUT2D eigenvalue weighted by Crippen LogP contribution is 2.77. The zero-order valence-corrected chi connectivity index (χ0v) is 7.63. The maximum absolute atomic E-state index is 11.2. The van der Waals surface area contributed by atoms with Crippen LogP contribution in [0, 0.1) is 11.3 Å². The summed E-state index contributed by atoms with van der Waals surface area (Å²) < 4.78 is 26.0. The molecule has 3 aliphatic rings. The average Bonchev–Trinajstić information content (AvgIpc) is 2.31. The molecule has 2 bridgehead atoms. The van der Waals surface area contributed by atoms with Gasteiger partial charge in [0.05, 0.1) is 0 Å². The van der Waals surface area contributed by atoms with Crippen LogP contribution in [0.4, 0.5) is 0 Å². The third-order valence-electron chi connectivity index (χ3n) is 2.25. The number of rotatable bonds is 1. The van der Waals surface area contributed by atoms with Crippen LogP contribution >= 0.6 is 7.82 Å². The van der Waals surface area contributed by atoms with Crippen molar-refractivity contribution in [3.63, 3.8) is 0 Å². The van der Waals surface area contributed by atoms with Gasteiger partial charge in [0.15, 0.2) is 0 Å². The summed E-state index contributed by atoms with van der Waals surface area (Å²) in [7, 11) is -3.34. The van der Waals surface area contributed by atoms with Crippen LogP contribution in [0.25, 0.3) is 0 Å². The molecule has 3 heterocycles. The first-order valence-electron chi connectivity index (χ1n) is 3.63. The molecule has 3 rings (SSSR count). The molecule has 6 heteroatoms. The van der Waals surface area contributed by atoms with Crippen molar-refractivity contribution < 1.29 is 18.1 Å². The largest absolute Gasteiger partial charge is 0.481 e. The third kappa shape index (κ3) is 0.668. The molecule has 0 aromatic carbocycles. The molecular weight excluding hydrogens is 181 g/mol. The molecule has 0 aromatic heterocycles. The van der Waals surface area contributed by atoms with Gasteiger partial charge in [0.25, 0.3) is 0 Å². The first kappa shape index (κ1) is 8.21. The van der Waals surface area contributed by atoms with Crippen LogP contribution < -0.4 is 0 Å². The van der Waals surface area contributed by atoms with Crippen LogP contribution in [0.15, 0.2) is 0 Å². The van der Waals surface area contributed by atoms with Gasteiger partial charge in [-0.1, -0.05) is 6.92 Å². The minimum absolute atomic E-state index is 0.393. The van der Waals surface area contributed by atoms with Gasteiger partial charge in [0.1, 0.15) is 6.07 Å². The summed E-state index contributed by atoms with van der Waals surface area (Å²) in [5, 5.41) is 8.84. The fraction of sp³-hybridized carbons (Fsp3) is 0.833. The molecule has 5 nitrogen and oxygen atoms in total. The van der Waals surface area contributed by atoms with Gasteiger partial charge >= 0.3 is 7.82 Å². The number of hydrogen-bond donors (Lipinski definition) is 0. The Kier molecular flexibility index (Phi) is 1.31. The van der Waals surface area contributed by atoms with Crippen molar-refractivity contribution in [2.75, 3.05) is 0 Å². The number of nitrogens with zero attached hydrogens (tertiary/aromatic N) is 1. The summed E-state index contributed by atoms with van der Waals surface area (Å²) in [5.41, 5.74) is -1.19. The van der Waals surface area contributed by atoms with E-state index < -0.39 is 19.2 Å². The SMILES string of the molecule is CCC1(C#N)OP2(=O)OC1(C)O2. The van der Waals surface area contributed by atoms with E-state index in [-0.39, 0.29) is 0 Å². The molecule has 12 heavy (non-hydrogen) atoms. The highest BCUT2D eigenvalue weighted by atomic mass is 31.2. The summed E-state index contributed by atoms with van der Waals surface area (Å²) in [5.74, 6) is -1.13. The Labute approximate surface area is 69.8 Å². The first-order valence-corrected chi connectivity index (χ1v) is 5.09. The second kappa shape index (κ2) is 1.91. The van der Waals surface area contributed by atoms with Crippen molar-refractivity contribution in [2.24, 2.45) is 0 Å².